The molecule has 0 bridgehead atoms. The molecule has 0 N–H and O–H groups in total. The summed E-state index contributed by atoms with van der Waals surface area (Å²) in [5.41, 5.74) is 4.05. The maximum atomic E-state index is 2.28. The van der Waals surface area contributed by atoms with Gasteiger partial charge in [-0.3, -0.25) is 0 Å². The molecule has 72 valence electrons. The molecule has 0 heteroatoms. The van der Waals surface area contributed by atoms with Crippen molar-refractivity contribution < 1.29 is 0 Å². The Hall–Kier alpha value is -1.82. The van der Waals surface area contributed by atoms with Gasteiger partial charge in [-0.25, -0.2) is 0 Å². The highest BCUT2D eigenvalue weighted by Crippen LogP contribution is 2.24. The third-order valence-electron chi connectivity index (χ3n) is 3.00. The van der Waals surface area contributed by atoms with E-state index in [9.17, 15) is 0 Å². The van der Waals surface area contributed by atoms with Gasteiger partial charge in [0.05, 0.1) is 0 Å². The van der Waals surface area contributed by atoms with Gasteiger partial charge in [0.25, 0.3) is 0 Å². The SMILES string of the molecule is CC=c1cccc2c1=Cc1ccccc1-2. The predicted molar refractivity (Wildman–Crippen MR) is 64.8 cm³/mol. The Morgan fingerprint density at radius 3 is 2.53 bits per heavy atom. The van der Waals surface area contributed by atoms with Crippen LogP contribution in [0.25, 0.3) is 23.3 Å². The van der Waals surface area contributed by atoms with Crippen molar-refractivity contribution in [1.82, 2.24) is 0 Å². The summed E-state index contributed by atoms with van der Waals surface area (Å²) in [4.78, 5) is 0. The first kappa shape index (κ1) is 8.49. The van der Waals surface area contributed by atoms with E-state index in [1.54, 1.807) is 0 Å². The molecule has 0 aliphatic heterocycles. The smallest absolute Gasteiger partial charge is 0.00993 e. The van der Waals surface area contributed by atoms with Crippen LogP contribution in [-0.4, -0.2) is 0 Å². The average Bonchev–Trinajstić information content (AvgIpc) is 2.67. The van der Waals surface area contributed by atoms with Crippen molar-refractivity contribution in [3.63, 3.8) is 0 Å². The van der Waals surface area contributed by atoms with E-state index >= 15 is 0 Å². The molecule has 3 rings (SSSR count). The molecular weight excluding hydrogens is 180 g/mol. The monoisotopic (exact) mass is 192 g/mol. The van der Waals surface area contributed by atoms with Gasteiger partial charge in [-0.1, -0.05) is 48.5 Å². The zero-order chi connectivity index (χ0) is 10.3. The molecule has 0 heterocycles. The van der Waals surface area contributed by atoms with Crippen LogP contribution >= 0.6 is 0 Å². The van der Waals surface area contributed by atoms with Crippen molar-refractivity contribution in [1.29, 1.82) is 0 Å². The van der Waals surface area contributed by atoms with Crippen molar-refractivity contribution >= 4 is 12.2 Å². The van der Waals surface area contributed by atoms with E-state index in [2.05, 4.69) is 61.5 Å². The van der Waals surface area contributed by atoms with E-state index in [0.29, 0.717) is 0 Å². The molecule has 1 aliphatic carbocycles. The minimum atomic E-state index is 1.32. The molecule has 0 saturated carbocycles. The quantitative estimate of drug-likeness (QED) is 0.512. The molecule has 0 amide bonds. The van der Waals surface area contributed by atoms with Crippen LogP contribution in [-0.2, 0) is 0 Å². The van der Waals surface area contributed by atoms with Crippen molar-refractivity contribution in [3.05, 3.63) is 58.5 Å². The van der Waals surface area contributed by atoms with Crippen LogP contribution in [0.2, 0.25) is 0 Å². The fraction of sp³-hybridized carbons (Fsp3) is 0.0667. The third-order valence-corrected chi connectivity index (χ3v) is 3.00. The second-order valence-electron chi connectivity index (χ2n) is 3.83. The molecule has 0 fully saturated rings. The third kappa shape index (κ3) is 1.15. The normalized spacial score (nSPS) is 13.3. The summed E-state index contributed by atoms with van der Waals surface area (Å²) in [7, 11) is 0. The molecule has 2 aromatic rings. The van der Waals surface area contributed by atoms with Gasteiger partial charge in [-0.05, 0) is 40.1 Å². The maximum Gasteiger partial charge on any atom is -0.00993 e. The molecule has 1 aliphatic rings. The Kier molecular flexibility index (Phi) is 1.75. The molecule has 0 saturated heterocycles. The predicted octanol–water partition coefficient (Wildman–Crippen LogP) is 2.30. The molecule has 0 nitrogen and oxygen atoms in total. The molecular formula is C15H12. The summed E-state index contributed by atoms with van der Waals surface area (Å²) < 4.78 is 0. The lowest BCUT2D eigenvalue weighted by atomic mass is 10.0. The molecule has 0 spiro atoms. The van der Waals surface area contributed by atoms with E-state index in [-0.39, 0.29) is 0 Å². The largest absolute Gasteiger partial charge is 0.0798 e. The van der Waals surface area contributed by atoms with Crippen molar-refractivity contribution in [2.24, 2.45) is 0 Å². The molecule has 15 heavy (non-hydrogen) atoms. The minimum absolute atomic E-state index is 1.32. The van der Waals surface area contributed by atoms with Crippen LogP contribution in [0.5, 0.6) is 0 Å². The summed E-state index contributed by atoms with van der Waals surface area (Å²) >= 11 is 0. The molecule has 0 radical (unpaired) electrons. The fourth-order valence-corrected chi connectivity index (χ4v) is 2.25. The second kappa shape index (κ2) is 3.09. The van der Waals surface area contributed by atoms with Crippen LogP contribution in [0, 0.1) is 0 Å². The van der Waals surface area contributed by atoms with Crippen molar-refractivity contribution in [2.45, 2.75) is 6.92 Å². The summed E-state index contributed by atoms with van der Waals surface area (Å²) in [6.07, 6.45) is 4.45. The Labute approximate surface area is 89.2 Å². The van der Waals surface area contributed by atoms with E-state index in [1.807, 2.05) is 0 Å². The zero-order valence-corrected chi connectivity index (χ0v) is 8.70. The van der Waals surface area contributed by atoms with Crippen LogP contribution in [0.1, 0.15) is 12.5 Å². The number of fused-ring (bicyclic) bond motifs is 3. The molecule has 0 atom stereocenters. The van der Waals surface area contributed by atoms with Gasteiger partial charge in [0.1, 0.15) is 0 Å². The van der Waals surface area contributed by atoms with Gasteiger partial charge in [0.15, 0.2) is 0 Å². The first-order valence-corrected chi connectivity index (χ1v) is 5.26. The highest BCUT2D eigenvalue weighted by Gasteiger charge is 2.10. The van der Waals surface area contributed by atoms with Gasteiger partial charge in [-0.15, -0.1) is 0 Å². The first-order chi connectivity index (χ1) is 7.40. The Morgan fingerprint density at radius 1 is 0.867 bits per heavy atom. The Balaban J connectivity index is 2.48. The van der Waals surface area contributed by atoms with E-state index < -0.39 is 0 Å². The van der Waals surface area contributed by atoms with E-state index in [1.165, 1.54) is 27.1 Å². The standard InChI is InChI=1S/C15H12/c1-2-11-7-5-9-14-13-8-4-3-6-12(13)10-15(11)14/h2-10H,1H3. The molecule has 2 aromatic carbocycles. The van der Waals surface area contributed by atoms with E-state index in [0.717, 1.165) is 0 Å². The first-order valence-electron chi connectivity index (χ1n) is 5.26. The van der Waals surface area contributed by atoms with Gasteiger partial charge in [-0.2, -0.15) is 0 Å². The highest BCUT2D eigenvalue weighted by molar-refractivity contribution is 5.82. The summed E-state index contributed by atoms with van der Waals surface area (Å²) in [5, 5.41) is 2.69. The highest BCUT2D eigenvalue weighted by atomic mass is 14.1. The van der Waals surface area contributed by atoms with Gasteiger partial charge in [0.2, 0.25) is 0 Å². The maximum absolute atomic E-state index is 2.28. The lowest BCUT2D eigenvalue weighted by Gasteiger charge is -1.99. The zero-order valence-electron chi connectivity index (χ0n) is 8.70. The van der Waals surface area contributed by atoms with Crippen LogP contribution in [0.4, 0.5) is 0 Å². The van der Waals surface area contributed by atoms with Crippen molar-refractivity contribution in [2.75, 3.05) is 0 Å². The fourth-order valence-electron chi connectivity index (χ4n) is 2.25. The van der Waals surface area contributed by atoms with Gasteiger partial charge in [0, 0.05) is 0 Å². The van der Waals surface area contributed by atoms with Crippen LogP contribution < -0.4 is 10.4 Å². The Bertz CT molecular complexity index is 633. The lowest BCUT2D eigenvalue weighted by molar-refractivity contribution is 1.52. The van der Waals surface area contributed by atoms with Crippen LogP contribution in [0.3, 0.4) is 0 Å². The number of hydrogen-bond acceptors (Lipinski definition) is 0. The van der Waals surface area contributed by atoms with Crippen LogP contribution in [0.15, 0.2) is 42.5 Å². The van der Waals surface area contributed by atoms with E-state index in [4.69, 9.17) is 0 Å². The lowest BCUT2D eigenvalue weighted by Crippen LogP contribution is -2.23. The van der Waals surface area contributed by atoms with Crippen molar-refractivity contribution in [3.8, 4) is 11.1 Å². The molecule has 0 aromatic heterocycles. The topological polar surface area (TPSA) is 0 Å². The number of hydrogen-bond donors (Lipinski definition) is 0. The molecule has 0 unspecified atom stereocenters. The summed E-state index contributed by atoms with van der Waals surface area (Å²) in [5.74, 6) is 0. The summed E-state index contributed by atoms with van der Waals surface area (Å²) in [6, 6.07) is 15.1. The number of rotatable bonds is 0. The minimum Gasteiger partial charge on any atom is -0.0798 e. The average molecular weight is 192 g/mol. The number of benzene rings is 2. The van der Waals surface area contributed by atoms with Gasteiger partial charge >= 0.3 is 0 Å². The summed E-state index contributed by atoms with van der Waals surface area (Å²) in [6.45, 7) is 2.09. The second-order valence-corrected chi connectivity index (χ2v) is 3.83. The Morgan fingerprint density at radius 2 is 1.67 bits per heavy atom. The van der Waals surface area contributed by atoms with Gasteiger partial charge < -0.3 is 0 Å².